The molecule has 2 unspecified atom stereocenters. The summed E-state index contributed by atoms with van der Waals surface area (Å²) >= 11 is 0. The van der Waals surface area contributed by atoms with Crippen molar-refractivity contribution in [2.45, 2.75) is 113 Å². The molecule has 0 radical (unpaired) electrons. The summed E-state index contributed by atoms with van der Waals surface area (Å²) in [5.41, 5.74) is 4.81. The fraction of sp³-hybridized carbons (Fsp3) is 0.769. The molecule has 0 aromatic carbocycles. The first-order valence-electron chi connectivity index (χ1n) is 11.4. The van der Waals surface area contributed by atoms with Crippen LogP contribution in [-0.2, 0) is 0 Å². The molecule has 0 aromatic rings. The summed E-state index contributed by atoms with van der Waals surface area (Å²) in [7, 11) is 0. The Hall–Kier alpha value is -0.780. The van der Waals surface area contributed by atoms with Gasteiger partial charge < -0.3 is 0 Å². The Morgan fingerprint density at radius 1 is 0.885 bits per heavy atom. The molecule has 0 heterocycles. The lowest BCUT2D eigenvalue weighted by Gasteiger charge is -2.29. The van der Waals surface area contributed by atoms with Crippen LogP contribution in [0.25, 0.3) is 0 Å². The Balaban J connectivity index is 5.18. The van der Waals surface area contributed by atoms with Gasteiger partial charge >= 0.3 is 0 Å². The molecule has 0 spiro atoms. The van der Waals surface area contributed by atoms with Crippen LogP contribution < -0.4 is 0 Å². The molecule has 0 rings (SSSR count). The molecule has 0 saturated heterocycles. The van der Waals surface area contributed by atoms with Gasteiger partial charge in [-0.1, -0.05) is 96.3 Å². The Morgan fingerprint density at radius 2 is 1.58 bits per heavy atom. The Morgan fingerprint density at radius 3 is 2.08 bits per heavy atom. The van der Waals surface area contributed by atoms with Crippen molar-refractivity contribution in [3.8, 4) is 0 Å². The molecule has 0 aliphatic rings. The van der Waals surface area contributed by atoms with Gasteiger partial charge in [-0.05, 0) is 69.6 Å². The van der Waals surface area contributed by atoms with Gasteiger partial charge in [0.2, 0.25) is 0 Å². The molecule has 0 nitrogen and oxygen atoms in total. The average molecular weight is 361 g/mol. The monoisotopic (exact) mass is 360 g/mol. The zero-order valence-electron chi connectivity index (χ0n) is 19.2. The minimum Gasteiger partial charge on any atom is -0.0993 e. The zero-order valence-corrected chi connectivity index (χ0v) is 19.2. The van der Waals surface area contributed by atoms with Crippen LogP contribution in [-0.4, -0.2) is 0 Å². The highest BCUT2D eigenvalue weighted by atomic mass is 14.3. The SMILES string of the molecule is C=C(C/C=C\CCCC)C(CC(C)C)CC(CCC)/C(CC)=C(\C)CC. The van der Waals surface area contributed by atoms with Crippen molar-refractivity contribution in [1.29, 1.82) is 0 Å². The minimum atomic E-state index is 0.661. The van der Waals surface area contributed by atoms with Gasteiger partial charge in [-0.3, -0.25) is 0 Å². The van der Waals surface area contributed by atoms with Crippen molar-refractivity contribution >= 4 is 0 Å². The normalized spacial score (nSPS) is 15.4. The van der Waals surface area contributed by atoms with E-state index in [0.717, 1.165) is 18.3 Å². The van der Waals surface area contributed by atoms with Crippen LogP contribution in [0.5, 0.6) is 0 Å². The maximum Gasteiger partial charge on any atom is -0.0139 e. The van der Waals surface area contributed by atoms with E-state index in [1.54, 1.807) is 11.1 Å². The third-order valence-electron chi connectivity index (χ3n) is 5.76. The van der Waals surface area contributed by atoms with E-state index < -0.39 is 0 Å². The summed E-state index contributed by atoms with van der Waals surface area (Å²) in [5, 5.41) is 0. The number of hydrogen-bond acceptors (Lipinski definition) is 0. The molecular formula is C26H48. The molecule has 2 atom stereocenters. The fourth-order valence-corrected chi connectivity index (χ4v) is 4.13. The first kappa shape index (κ1) is 25.2. The summed E-state index contributed by atoms with van der Waals surface area (Å²) in [5.74, 6) is 2.15. The summed E-state index contributed by atoms with van der Waals surface area (Å²) < 4.78 is 0. The topological polar surface area (TPSA) is 0 Å². The molecule has 0 aliphatic carbocycles. The lowest BCUT2D eigenvalue weighted by molar-refractivity contribution is 0.360. The van der Waals surface area contributed by atoms with Crippen molar-refractivity contribution < 1.29 is 0 Å². The van der Waals surface area contributed by atoms with E-state index in [1.807, 2.05) is 0 Å². The number of unbranched alkanes of at least 4 members (excludes halogenated alkanes) is 2. The van der Waals surface area contributed by atoms with E-state index in [4.69, 9.17) is 0 Å². The van der Waals surface area contributed by atoms with Gasteiger partial charge in [0.1, 0.15) is 0 Å². The summed E-state index contributed by atoms with van der Waals surface area (Å²) in [6, 6.07) is 0. The molecule has 26 heavy (non-hydrogen) atoms. The molecule has 0 aromatic heterocycles. The van der Waals surface area contributed by atoms with E-state index in [2.05, 4.69) is 67.2 Å². The number of rotatable bonds is 15. The highest BCUT2D eigenvalue weighted by molar-refractivity contribution is 5.17. The smallest absolute Gasteiger partial charge is 0.0139 e. The molecule has 0 heteroatoms. The van der Waals surface area contributed by atoms with Crippen molar-refractivity contribution in [3.63, 3.8) is 0 Å². The lowest BCUT2D eigenvalue weighted by atomic mass is 9.76. The number of hydrogen-bond donors (Lipinski definition) is 0. The standard InChI is InChI=1S/C26H48/c1-9-13-14-15-16-18-23(8)25(19-21(5)6)20-24(17-10-2)26(12-4)22(7)11-3/h15-16,21,24-25H,8-14,17-20H2,1-7H3/b16-15-,26-22+. The molecule has 152 valence electrons. The molecular weight excluding hydrogens is 312 g/mol. The van der Waals surface area contributed by atoms with Crippen LogP contribution in [0.1, 0.15) is 113 Å². The largest absolute Gasteiger partial charge is 0.0993 e. The third kappa shape index (κ3) is 10.4. The first-order valence-corrected chi connectivity index (χ1v) is 11.4. The van der Waals surface area contributed by atoms with E-state index in [9.17, 15) is 0 Å². The van der Waals surface area contributed by atoms with E-state index in [0.29, 0.717) is 5.92 Å². The Labute approximate surface area is 166 Å². The fourth-order valence-electron chi connectivity index (χ4n) is 4.13. The first-order chi connectivity index (χ1) is 12.4. The van der Waals surface area contributed by atoms with Gasteiger partial charge in [-0.25, -0.2) is 0 Å². The number of allylic oxidation sites excluding steroid dienone is 5. The Kier molecular flexibility index (Phi) is 14.8. The van der Waals surface area contributed by atoms with Crippen molar-refractivity contribution in [2.24, 2.45) is 17.8 Å². The summed E-state index contributed by atoms with van der Waals surface area (Å²) in [4.78, 5) is 0. The van der Waals surface area contributed by atoms with Gasteiger partial charge in [0.05, 0.1) is 0 Å². The van der Waals surface area contributed by atoms with E-state index >= 15 is 0 Å². The molecule has 0 bridgehead atoms. The second-order valence-corrected chi connectivity index (χ2v) is 8.54. The highest BCUT2D eigenvalue weighted by Crippen LogP contribution is 2.36. The van der Waals surface area contributed by atoms with Gasteiger partial charge in [0, 0.05) is 0 Å². The third-order valence-corrected chi connectivity index (χ3v) is 5.76. The Bertz CT molecular complexity index is 421. The summed E-state index contributed by atoms with van der Waals surface area (Å²) in [6.45, 7) is 20.8. The van der Waals surface area contributed by atoms with Gasteiger partial charge in [-0.2, -0.15) is 0 Å². The van der Waals surface area contributed by atoms with E-state index in [-0.39, 0.29) is 0 Å². The lowest BCUT2D eigenvalue weighted by Crippen LogP contribution is -2.16. The summed E-state index contributed by atoms with van der Waals surface area (Å²) in [6.07, 6.45) is 17.2. The molecule has 0 fully saturated rings. The second-order valence-electron chi connectivity index (χ2n) is 8.54. The van der Waals surface area contributed by atoms with Crippen molar-refractivity contribution in [2.75, 3.05) is 0 Å². The molecule has 0 amide bonds. The predicted molar refractivity (Wildman–Crippen MR) is 122 cm³/mol. The highest BCUT2D eigenvalue weighted by Gasteiger charge is 2.22. The van der Waals surface area contributed by atoms with Gasteiger partial charge in [0.15, 0.2) is 0 Å². The molecule has 0 saturated carbocycles. The van der Waals surface area contributed by atoms with Crippen LogP contribution in [0.15, 0.2) is 35.5 Å². The van der Waals surface area contributed by atoms with Crippen LogP contribution in [0.3, 0.4) is 0 Å². The molecule has 0 aliphatic heterocycles. The van der Waals surface area contributed by atoms with Crippen molar-refractivity contribution in [1.82, 2.24) is 0 Å². The quantitative estimate of drug-likeness (QED) is 0.201. The van der Waals surface area contributed by atoms with Crippen LogP contribution >= 0.6 is 0 Å². The van der Waals surface area contributed by atoms with Crippen LogP contribution in [0.2, 0.25) is 0 Å². The maximum atomic E-state index is 4.52. The van der Waals surface area contributed by atoms with Crippen LogP contribution in [0.4, 0.5) is 0 Å². The van der Waals surface area contributed by atoms with Crippen molar-refractivity contribution in [3.05, 3.63) is 35.5 Å². The van der Waals surface area contributed by atoms with E-state index in [1.165, 1.54) is 63.4 Å². The molecule has 0 N–H and O–H groups in total. The second kappa shape index (κ2) is 15.3. The predicted octanol–water partition coefficient (Wildman–Crippen LogP) is 9.28. The minimum absolute atomic E-state index is 0.661. The average Bonchev–Trinajstić information content (AvgIpc) is 2.60. The van der Waals surface area contributed by atoms with Gasteiger partial charge in [-0.15, -0.1) is 0 Å². The van der Waals surface area contributed by atoms with Crippen LogP contribution in [0, 0.1) is 17.8 Å². The van der Waals surface area contributed by atoms with Gasteiger partial charge in [0.25, 0.3) is 0 Å². The zero-order chi connectivity index (χ0) is 19.9. The maximum absolute atomic E-state index is 4.52.